The van der Waals surface area contributed by atoms with E-state index in [2.05, 4.69) is 21.7 Å². The molecule has 1 aromatic heterocycles. The molecule has 0 aromatic carbocycles. The lowest BCUT2D eigenvalue weighted by Crippen LogP contribution is -2.42. The fourth-order valence-electron chi connectivity index (χ4n) is 2.14. The highest BCUT2D eigenvalue weighted by molar-refractivity contribution is 14.0. The van der Waals surface area contributed by atoms with Crippen molar-refractivity contribution in [2.75, 3.05) is 31.9 Å². The summed E-state index contributed by atoms with van der Waals surface area (Å²) in [5.74, 6) is 1.00. The lowest BCUT2D eigenvalue weighted by atomic mass is 10.4. The molecule has 0 amide bonds. The quantitative estimate of drug-likeness (QED) is 0.385. The number of nitrogens with zero attached hydrogens (tertiary/aromatic N) is 2. The molecule has 1 aliphatic rings. The monoisotopic (exact) mass is 458 g/mol. The largest absolute Gasteiger partial charge is 0.357 e. The average Bonchev–Trinajstić information content (AvgIpc) is 3.06. The minimum Gasteiger partial charge on any atom is -0.357 e. The van der Waals surface area contributed by atoms with Crippen molar-refractivity contribution in [1.82, 2.24) is 14.9 Å². The maximum Gasteiger partial charge on any atom is 0.214 e. The molecule has 0 radical (unpaired) electrons. The van der Waals surface area contributed by atoms with Crippen LogP contribution in [-0.2, 0) is 16.6 Å². The first-order valence-electron chi connectivity index (χ1n) is 7.14. The van der Waals surface area contributed by atoms with E-state index in [4.69, 9.17) is 0 Å². The molecule has 6 nitrogen and oxygen atoms in total. The zero-order valence-corrected chi connectivity index (χ0v) is 16.6. The summed E-state index contributed by atoms with van der Waals surface area (Å²) in [6, 6.07) is 4.06. The molecule has 2 heterocycles. The zero-order chi connectivity index (χ0) is 15.1. The fraction of sp³-hybridized carbons (Fsp3) is 0.615. The van der Waals surface area contributed by atoms with Crippen molar-refractivity contribution in [1.29, 1.82) is 0 Å². The standard InChI is InChI=1S/C13H22N4O2S2.HI/c1-2-14-13(16-11-12-5-3-9-20-12)15-6-8-17-7-4-10-21(17,18)19;/h3,5,9H,2,4,6-8,10-11H2,1H3,(H2,14,15,16);1H. The van der Waals surface area contributed by atoms with Gasteiger partial charge in [-0.2, -0.15) is 0 Å². The van der Waals surface area contributed by atoms with Crippen molar-refractivity contribution < 1.29 is 8.42 Å². The summed E-state index contributed by atoms with van der Waals surface area (Å²) in [4.78, 5) is 5.70. The number of sulfonamides is 1. The Balaban J connectivity index is 0.00000242. The lowest BCUT2D eigenvalue weighted by Gasteiger charge is -2.16. The minimum atomic E-state index is -3.01. The van der Waals surface area contributed by atoms with E-state index in [1.807, 2.05) is 18.4 Å². The number of hydrogen-bond acceptors (Lipinski definition) is 4. The van der Waals surface area contributed by atoms with E-state index in [1.165, 1.54) is 4.88 Å². The summed E-state index contributed by atoms with van der Waals surface area (Å²) in [7, 11) is -3.01. The Bertz CT molecular complexity index is 561. The number of hydrogen-bond donors (Lipinski definition) is 2. The molecule has 22 heavy (non-hydrogen) atoms. The first kappa shape index (κ1) is 19.7. The highest BCUT2D eigenvalue weighted by atomic mass is 127. The molecule has 2 rings (SSSR count). The van der Waals surface area contributed by atoms with E-state index in [0.29, 0.717) is 26.2 Å². The van der Waals surface area contributed by atoms with Crippen molar-refractivity contribution in [3.63, 3.8) is 0 Å². The van der Waals surface area contributed by atoms with Crippen LogP contribution in [0.1, 0.15) is 18.2 Å². The number of aliphatic imine (C=N–C) groups is 1. The third kappa shape index (κ3) is 6.01. The van der Waals surface area contributed by atoms with Gasteiger partial charge >= 0.3 is 0 Å². The van der Waals surface area contributed by atoms with E-state index >= 15 is 0 Å². The van der Waals surface area contributed by atoms with E-state index in [1.54, 1.807) is 15.6 Å². The Morgan fingerprint density at radius 3 is 2.86 bits per heavy atom. The van der Waals surface area contributed by atoms with Gasteiger partial charge in [-0.15, -0.1) is 35.3 Å². The number of rotatable bonds is 6. The summed E-state index contributed by atoms with van der Waals surface area (Å²) in [6.07, 6.45) is 0.731. The lowest BCUT2D eigenvalue weighted by molar-refractivity contribution is 0.445. The zero-order valence-electron chi connectivity index (χ0n) is 12.6. The second kappa shape index (κ2) is 9.68. The summed E-state index contributed by atoms with van der Waals surface area (Å²) in [6.45, 7) is 5.11. The van der Waals surface area contributed by atoms with Crippen molar-refractivity contribution in [3.05, 3.63) is 22.4 Å². The van der Waals surface area contributed by atoms with Gasteiger partial charge in [0.2, 0.25) is 10.0 Å². The van der Waals surface area contributed by atoms with Gasteiger partial charge in [-0.3, -0.25) is 0 Å². The Kier molecular flexibility index (Phi) is 8.65. The molecule has 0 atom stereocenters. The van der Waals surface area contributed by atoms with Crippen LogP contribution in [0.2, 0.25) is 0 Å². The molecule has 0 aliphatic carbocycles. The van der Waals surface area contributed by atoms with E-state index in [0.717, 1.165) is 18.9 Å². The Morgan fingerprint density at radius 2 is 2.27 bits per heavy atom. The predicted molar refractivity (Wildman–Crippen MR) is 103 cm³/mol. The maximum absolute atomic E-state index is 11.7. The van der Waals surface area contributed by atoms with Crippen LogP contribution in [0.25, 0.3) is 0 Å². The predicted octanol–water partition coefficient (Wildman–Crippen LogP) is 1.46. The number of nitrogens with one attached hydrogen (secondary N) is 2. The van der Waals surface area contributed by atoms with Crippen LogP contribution < -0.4 is 10.6 Å². The van der Waals surface area contributed by atoms with E-state index in [9.17, 15) is 8.42 Å². The summed E-state index contributed by atoms with van der Waals surface area (Å²) >= 11 is 1.68. The molecule has 1 aliphatic heterocycles. The topological polar surface area (TPSA) is 73.8 Å². The van der Waals surface area contributed by atoms with Crippen LogP contribution in [0.4, 0.5) is 0 Å². The van der Waals surface area contributed by atoms with Gasteiger partial charge in [-0.05, 0) is 24.8 Å². The second-order valence-corrected chi connectivity index (χ2v) is 7.89. The molecule has 2 N–H and O–H groups in total. The van der Waals surface area contributed by atoms with E-state index < -0.39 is 10.0 Å². The molecule has 9 heteroatoms. The van der Waals surface area contributed by atoms with Crippen LogP contribution in [0.5, 0.6) is 0 Å². The van der Waals surface area contributed by atoms with Crippen LogP contribution in [0.3, 0.4) is 0 Å². The van der Waals surface area contributed by atoms with Crippen LogP contribution in [0.15, 0.2) is 22.5 Å². The van der Waals surface area contributed by atoms with E-state index in [-0.39, 0.29) is 29.7 Å². The van der Waals surface area contributed by atoms with Crippen molar-refractivity contribution >= 4 is 51.3 Å². The van der Waals surface area contributed by atoms with Gasteiger partial charge in [0.1, 0.15) is 0 Å². The smallest absolute Gasteiger partial charge is 0.214 e. The fourth-order valence-corrected chi connectivity index (χ4v) is 4.30. The average molecular weight is 458 g/mol. The van der Waals surface area contributed by atoms with Gasteiger partial charge in [0.05, 0.1) is 12.3 Å². The highest BCUT2D eigenvalue weighted by Gasteiger charge is 2.27. The third-order valence-electron chi connectivity index (χ3n) is 3.17. The van der Waals surface area contributed by atoms with Crippen LogP contribution in [0, 0.1) is 0 Å². The SMILES string of the molecule is CCNC(=NCc1cccs1)NCCN1CCCS1(=O)=O.I. The maximum atomic E-state index is 11.7. The van der Waals surface area contributed by atoms with Crippen molar-refractivity contribution in [2.45, 2.75) is 19.9 Å². The first-order chi connectivity index (χ1) is 10.1. The molecule has 0 bridgehead atoms. The molecule has 1 aromatic rings. The molecule has 1 saturated heterocycles. The first-order valence-corrected chi connectivity index (χ1v) is 9.63. The third-order valence-corrected chi connectivity index (χ3v) is 5.99. The van der Waals surface area contributed by atoms with Gasteiger partial charge in [-0.25, -0.2) is 17.7 Å². The van der Waals surface area contributed by atoms with Crippen molar-refractivity contribution in [3.8, 4) is 0 Å². The Morgan fingerprint density at radius 1 is 1.45 bits per heavy atom. The summed E-state index contributed by atoms with van der Waals surface area (Å²) < 4.78 is 24.9. The Hall–Kier alpha value is -0.390. The molecular formula is C13H23IN4O2S2. The highest BCUT2D eigenvalue weighted by Crippen LogP contribution is 2.12. The Labute approximate surface area is 153 Å². The normalized spacial score (nSPS) is 18.0. The molecular weight excluding hydrogens is 435 g/mol. The molecule has 1 fully saturated rings. The molecule has 0 spiro atoms. The minimum absolute atomic E-state index is 0. The van der Waals surface area contributed by atoms with Crippen LogP contribution >= 0.6 is 35.3 Å². The summed E-state index contributed by atoms with van der Waals surface area (Å²) in [5.41, 5.74) is 0. The second-order valence-electron chi connectivity index (χ2n) is 4.77. The van der Waals surface area contributed by atoms with Gasteiger partial charge in [0.25, 0.3) is 0 Å². The van der Waals surface area contributed by atoms with Gasteiger partial charge < -0.3 is 10.6 Å². The number of thiophene rings is 1. The van der Waals surface area contributed by atoms with Gasteiger partial charge in [0.15, 0.2) is 5.96 Å². The molecule has 126 valence electrons. The van der Waals surface area contributed by atoms with Crippen LogP contribution in [-0.4, -0.2) is 50.6 Å². The van der Waals surface area contributed by atoms with Crippen molar-refractivity contribution in [2.24, 2.45) is 4.99 Å². The number of guanidine groups is 1. The molecule has 0 saturated carbocycles. The number of halogens is 1. The van der Waals surface area contributed by atoms with Gasteiger partial charge in [-0.1, -0.05) is 6.07 Å². The van der Waals surface area contributed by atoms with Gasteiger partial charge in [0, 0.05) is 31.1 Å². The molecule has 0 unspecified atom stereocenters. The summed E-state index contributed by atoms with van der Waals surface area (Å²) in [5, 5.41) is 8.38.